The molecule has 20 heavy (non-hydrogen) atoms. The van der Waals surface area contributed by atoms with Crippen LogP contribution in [0.2, 0.25) is 0 Å². The Kier molecular flexibility index (Phi) is 4.05. The van der Waals surface area contributed by atoms with Crippen LogP contribution in [0, 0.1) is 0 Å². The molecule has 1 fully saturated rings. The van der Waals surface area contributed by atoms with Crippen LogP contribution in [-0.2, 0) is 11.3 Å². The summed E-state index contributed by atoms with van der Waals surface area (Å²) in [6.07, 6.45) is 5.85. The first kappa shape index (κ1) is 13.2. The van der Waals surface area contributed by atoms with Gasteiger partial charge in [0.25, 0.3) is 0 Å². The molecule has 1 amide bonds. The smallest absolute Gasteiger partial charge is 0.243 e. The van der Waals surface area contributed by atoms with Crippen molar-refractivity contribution in [1.29, 1.82) is 0 Å². The third-order valence-electron chi connectivity index (χ3n) is 3.45. The van der Waals surface area contributed by atoms with E-state index in [0.29, 0.717) is 11.9 Å². The summed E-state index contributed by atoms with van der Waals surface area (Å²) < 4.78 is 0. The van der Waals surface area contributed by atoms with Gasteiger partial charge >= 0.3 is 0 Å². The highest BCUT2D eigenvalue weighted by Gasteiger charge is 2.16. The highest BCUT2D eigenvalue weighted by molar-refractivity contribution is 7.13. The molecule has 2 heterocycles. The molecule has 2 aromatic heterocycles. The number of nitrogens with one attached hydrogen (secondary N) is 1. The van der Waals surface area contributed by atoms with Gasteiger partial charge in [-0.15, -0.1) is 21.5 Å². The molecule has 6 nitrogen and oxygen atoms in total. The number of thiophene rings is 1. The molecular weight excluding hydrogens is 274 g/mol. The summed E-state index contributed by atoms with van der Waals surface area (Å²) in [7, 11) is 0. The SMILES string of the molecule is O=C(Cn1nnc(-c2cccs2)n1)NC1CCCCC1. The first-order valence-corrected chi connectivity index (χ1v) is 7.80. The highest BCUT2D eigenvalue weighted by Crippen LogP contribution is 2.19. The molecule has 1 N–H and O–H groups in total. The fraction of sp³-hybridized carbons (Fsp3) is 0.538. The topological polar surface area (TPSA) is 72.7 Å². The molecule has 0 unspecified atom stereocenters. The lowest BCUT2D eigenvalue weighted by Gasteiger charge is -2.22. The lowest BCUT2D eigenvalue weighted by molar-refractivity contribution is -0.123. The van der Waals surface area contributed by atoms with E-state index < -0.39 is 0 Å². The highest BCUT2D eigenvalue weighted by atomic mass is 32.1. The maximum atomic E-state index is 11.9. The van der Waals surface area contributed by atoms with Crippen LogP contribution < -0.4 is 5.32 Å². The molecule has 0 radical (unpaired) electrons. The number of tetrazole rings is 1. The van der Waals surface area contributed by atoms with Crippen LogP contribution >= 0.6 is 11.3 Å². The summed E-state index contributed by atoms with van der Waals surface area (Å²) in [5, 5.41) is 17.1. The number of aromatic nitrogens is 4. The number of rotatable bonds is 4. The van der Waals surface area contributed by atoms with Crippen molar-refractivity contribution in [2.75, 3.05) is 0 Å². The van der Waals surface area contributed by atoms with E-state index in [9.17, 15) is 4.79 Å². The molecule has 7 heteroatoms. The number of carbonyl (C=O) groups excluding carboxylic acids is 1. The molecule has 3 rings (SSSR count). The number of hydrogen-bond acceptors (Lipinski definition) is 5. The fourth-order valence-electron chi connectivity index (χ4n) is 2.46. The van der Waals surface area contributed by atoms with Gasteiger partial charge in [0.2, 0.25) is 11.7 Å². The Morgan fingerprint density at radius 3 is 3.00 bits per heavy atom. The second-order valence-electron chi connectivity index (χ2n) is 5.02. The molecule has 0 bridgehead atoms. The second-order valence-corrected chi connectivity index (χ2v) is 5.97. The summed E-state index contributed by atoms with van der Waals surface area (Å²) in [5.41, 5.74) is 0. The Bertz CT molecular complexity index is 559. The fourth-order valence-corrected chi connectivity index (χ4v) is 3.11. The molecule has 106 valence electrons. The van der Waals surface area contributed by atoms with E-state index in [-0.39, 0.29) is 12.5 Å². The molecule has 0 atom stereocenters. The third kappa shape index (κ3) is 3.22. The van der Waals surface area contributed by atoms with Gasteiger partial charge in [-0.1, -0.05) is 25.3 Å². The van der Waals surface area contributed by atoms with Gasteiger partial charge in [-0.3, -0.25) is 4.79 Å². The van der Waals surface area contributed by atoms with Gasteiger partial charge in [-0.2, -0.15) is 4.80 Å². The van der Waals surface area contributed by atoms with Crippen molar-refractivity contribution >= 4 is 17.2 Å². The number of carbonyl (C=O) groups is 1. The summed E-state index contributed by atoms with van der Waals surface area (Å²) in [5.74, 6) is 0.539. The monoisotopic (exact) mass is 291 g/mol. The Labute approximate surface area is 121 Å². The maximum absolute atomic E-state index is 11.9. The standard InChI is InChI=1S/C13H17N5OS/c19-12(14-10-5-2-1-3-6-10)9-18-16-13(15-17-18)11-7-4-8-20-11/h4,7-8,10H,1-3,5-6,9H2,(H,14,19). The summed E-state index contributed by atoms with van der Waals surface area (Å²) in [6.45, 7) is 0.134. The van der Waals surface area contributed by atoms with Gasteiger partial charge in [0, 0.05) is 6.04 Å². The van der Waals surface area contributed by atoms with Crippen LogP contribution in [0.4, 0.5) is 0 Å². The van der Waals surface area contributed by atoms with Gasteiger partial charge in [-0.05, 0) is 29.5 Å². The van der Waals surface area contributed by atoms with Crippen LogP contribution in [0.5, 0.6) is 0 Å². The van der Waals surface area contributed by atoms with Gasteiger partial charge in [-0.25, -0.2) is 0 Å². The van der Waals surface area contributed by atoms with E-state index in [0.717, 1.165) is 17.7 Å². The largest absolute Gasteiger partial charge is 0.352 e. The van der Waals surface area contributed by atoms with Crippen molar-refractivity contribution in [2.45, 2.75) is 44.7 Å². The molecule has 2 aromatic rings. The maximum Gasteiger partial charge on any atom is 0.243 e. The molecule has 1 saturated carbocycles. The van der Waals surface area contributed by atoms with E-state index >= 15 is 0 Å². The minimum absolute atomic E-state index is 0.0352. The Morgan fingerprint density at radius 1 is 1.40 bits per heavy atom. The zero-order valence-corrected chi connectivity index (χ0v) is 12.0. The lowest BCUT2D eigenvalue weighted by Crippen LogP contribution is -2.38. The first-order chi connectivity index (χ1) is 9.81. The Hall–Kier alpha value is -1.76. The van der Waals surface area contributed by atoms with Crippen molar-refractivity contribution < 1.29 is 4.79 Å². The van der Waals surface area contributed by atoms with E-state index in [4.69, 9.17) is 0 Å². The minimum atomic E-state index is -0.0352. The van der Waals surface area contributed by atoms with Crippen LogP contribution in [0.1, 0.15) is 32.1 Å². The first-order valence-electron chi connectivity index (χ1n) is 6.92. The summed E-state index contributed by atoms with van der Waals surface area (Å²) in [4.78, 5) is 14.3. The number of hydrogen-bond donors (Lipinski definition) is 1. The molecule has 0 spiro atoms. The van der Waals surface area contributed by atoms with Crippen LogP contribution in [-0.4, -0.2) is 32.2 Å². The zero-order valence-electron chi connectivity index (χ0n) is 11.2. The van der Waals surface area contributed by atoms with Crippen LogP contribution in [0.15, 0.2) is 17.5 Å². The minimum Gasteiger partial charge on any atom is -0.352 e. The predicted molar refractivity (Wildman–Crippen MR) is 76.1 cm³/mol. The van der Waals surface area contributed by atoms with Gasteiger partial charge in [0.1, 0.15) is 6.54 Å². The van der Waals surface area contributed by atoms with Crippen molar-refractivity contribution in [3.05, 3.63) is 17.5 Å². The average Bonchev–Trinajstić information content (AvgIpc) is 3.10. The van der Waals surface area contributed by atoms with Crippen molar-refractivity contribution in [1.82, 2.24) is 25.5 Å². The quantitative estimate of drug-likeness (QED) is 0.933. The van der Waals surface area contributed by atoms with E-state index in [1.807, 2.05) is 17.5 Å². The molecule has 1 aliphatic rings. The molecule has 1 aliphatic carbocycles. The van der Waals surface area contributed by atoms with E-state index in [1.54, 1.807) is 11.3 Å². The number of nitrogens with zero attached hydrogens (tertiary/aromatic N) is 4. The second kappa shape index (κ2) is 6.13. The van der Waals surface area contributed by atoms with E-state index in [2.05, 4.69) is 20.7 Å². The summed E-state index contributed by atoms with van der Waals surface area (Å²) >= 11 is 1.56. The summed E-state index contributed by atoms with van der Waals surface area (Å²) in [6, 6.07) is 4.20. The molecule has 0 aliphatic heterocycles. The predicted octanol–water partition coefficient (Wildman–Crippen LogP) is 1.85. The molecular formula is C13H17N5OS. The Balaban J connectivity index is 1.56. The molecule has 0 aromatic carbocycles. The van der Waals surface area contributed by atoms with Gasteiger partial charge in [0.05, 0.1) is 4.88 Å². The average molecular weight is 291 g/mol. The number of amides is 1. The van der Waals surface area contributed by atoms with Crippen LogP contribution in [0.25, 0.3) is 10.7 Å². The van der Waals surface area contributed by atoms with Gasteiger partial charge < -0.3 is 5.32 Å². The van der Waals surface area contributed by atoms with Crippen molar-refractivity contribution in [2.24, 2.45) is 0 Å². The molecule has 0 saturated heterocycles. The third-order valence-corrected chi connectivity index (χ3v) is 4.32. The lowest BCUT2D eigenvalue weighted by atomic mass is 9.95. The van der Waals surface area contributed by atoms with Crippen molar-refractivity contribution in [3.63, 3.8) is 0 Å². The van der Waals surface area contributed by atoms with Crippen molar-refractivity contribution in [3.8, 4) is 10.7 Å². The van der Waals surface area contributed by atoms with Gasteiger partial charge in [0.15, 0.2) is 0 Å². The van der Waals surface area contributed by atoms with Crippen LogP contribution in [0.3, 0.4) is 0 Å². The normalized spacial score (nSPS) is 16.2. The Morgan fingerprint density at radius 2 is 2.25 bits per heavy atom. The zero-order chi connectivity index (χ0) is 13.8. The van der Waals surface area contributed by atoms with E-state index in [1.165, 1.54) is 24.1 Å².